The van der Waals surface area contributed by atoms with Crippen molar-refractivity contribution in [3.8, 4) is 0 Å². The van der Waals surface area contributed by atoms with Gasteiger partial charge in [-0.2, -0.15) is 0 Å². The highest BCUT2D eigenvalue weighted by Gasteiger charge is 2.08. The minimum atomic E-state index is 0.706. The molecule has 1 nitrogen and oxygen atoms in total. The molecule has 0 spiro atoms. The fourth-order valence-electron chi connectivity index (χ4n) is 2.15. The lowest BCUT2D eigenvalue weighted by atomic mass is 9.99. The average Bonchev–Trinajstić information content (AvgIpc) is 2.21. The van der Waals surface area contributed by atoms with Crippen molar-refractivity contribution in [3.05, 3.63) is 34.4 Å². The molecule has 0 saturated heterocycles. The van der Waals surface area contributed by atoms with Crippen LogP contribution in [0.4, 0.5) is 0 Å². The molecule has 0 N–H and O–H groups in total. The highest BCUT2D eigenvalue weighted by atomic mass is 35.5. The maximum atomic E-state index is 5.80. The molecule has 0 aliphatic rings. The predicted octanol–water partition coefficient (Wildman–Crippen LogP) is 3.67. The molecule has 0 heterocycles. The Morgan fingerprint density at radius 1 is 1.12 bits per heavy atom. The summed E-state index contributed by atoms with van der Waals surface area (Å²) in [5, 5.41) is 0. The fraction of sp³-hybridized carbons (Fsp3) is 0.571. The minimum absolute atomic E-state index is 0.706. The zero-order valence-electron chi connectivity index (χ0n) is 10.8. The summed E-state index contributed by atoms with van der Waals surface area (Å²) in [6.45, 7) is 11.8. The van der Waals surface area contributed by atoms with Crippen LogP contribution in [0.15, 0.2) is 12.1 Å². The van der Waals surface area contributed by atoms with Gasteiger partial charge in [0, 0.05) is 19.0 Å². The van der Waals surface area contributed by atoms with E-state index in [0.717, 1.165) is 19.6 Å². The smallest absolute Gasteiger partial charge is 0.0351 e. The summed E-state index contributed by atoms with van der Waals surface area (Å²) in [4.78, 5) is 2.39. The molecule has 1 rings (SSSR count). The third kappa shape index (κ3) is 3.50. The number of hydrogen-bond acceptors (Lipinski definition) is 1. The molecule has 0 saturated carbocycles. The molecule has 2 heteroatoms. The number of halogens is 1. The van der Waals surface area contributed by atoms with Crippen molar-refractivity contribution in [2.45, 2.75) is 34.2 Å². The van der Waals surface area contributed by atoms with Crippen molar-refractivity contribution >= 4 is 11.6 Å². The number of nitrogens with zero attached hydrogens (tertiary/aromatic N) is 1. The first-order valence-electron chi connectivity index (χ1n) is 5.93. The largest absolute Gasteiger partial charge is 0.298 e. The molecule has 0 aliphatic heterocycles. The van der Waals surface area contributed by atoms with Gasteiger partial charge in [-0.05, 0) is 44.0 Å². The van der Waals surface area contributed by atoms with Crippen molar-refractivity contribution in [1.29, 1.82) is 0 Å². The Hall–Kier alpha value is -0.530. The third-order valence-corrected chi connectivity index (χ3v) is 3.24. The lowest BCUT2D eigenvalue weighted by molar-refractivity contribution is 0.296. The fourth-order valence-corrected chi connectivity index (χ4v) is 2.39. The first kappa shape index (κ1) is 13.5. The second kappa shape index (κ2) is 6.27. The monoisotopic (exact) mass is 239 g/mol. The maximum Gasteiger partial charge on any atom is 0.0351 e. The van der Waals surface area contributed by atoms with Gasteiger partial charge in [0.2, 0.25) is 0 Å². The summed E-state index contributed by atoms with van der Waals surface area (Å²) in [6.07, 6.45) is 0. The first-order valence-corrected chi connectivity index (χ1v) is 6.47. The summed E-state index contributed by atoms with van der Waals surface area (Å²) in [7, 11) is 0. The van der Waals surface area contributed by atoms with E-state index in [4.69, 9.17) is 11.6 Å². The molecule has 0 aliphatic carbocycles. The van der Waals surface area contributed by atoms with E-state index in [1.54, 1.807) is 0 Å². The second-order valence-corrected chi connectivity index (χ2v) is 4.81. The number of hydrogen-bond donors (Lipinski definition) is 0. The maximum absolute atomic E-state index is 5.80. The predicted molar refractivity (Wildman–Crippen MR) is 72.3 cm³/mol. The standard InChI is InChI=1S/C14H22ClN/c1-5-16(7-6-15)10-14-12(3)8-11(2)9-13(14)4/h8-9H,5-7,10H2,1-4H3. The zero-order chi connectivity index (χ0) is 12.1. The van der Waals surface area contributed by atoms with E-state index in [1.807, 2.05) is 0 Å². The van der Waals surface area contributed by atoms with Crippen LogP contribution in [0, 0.1) is 20.8 Å². The van der Waals surface area contributed by atoms with Gasteiger partial charge in [-0.1, -0.05) is 24.6 Å². The zero-order valence-corrected chi connectivity index (χ0v) is 11.6. The van der Waals surface area contributed by atoms with Crippen LogP contribution in [-0.4, -0.2) is 23.9 Å². The molecule has 0 radical (unpaired) electrons. The molecular formula is C14H22ClN. The molecule has 0 atom stereocenters. The van der Waals surface area contributed by atoms with Crippen molar-refractivity contribution in [2.75, 3.05) is 19.0 Å². The van der Waals surface area contributed by atoms with E-state index in [1.165, 1.54) is 22.3 Å². The van der Waals surface area contributed by atoms with E-state index in [9.17, 15) is 0 Å². The van der Waals surface area contributed by atoms with Gasteiger partial charge in [0.1, 0.15) is 0 Å². The molecule has 0 bridgehead atoms. The Morgan fingerprint density at radius 2 is 1.69 bits per heavy atom. The second-order valence-electron chi connectivity index (χ2n) is 4.44. The van der Waals surface area contributed by atoms with Crippen molar-refractivity contribution in [3.63, 3.8) is 0 Å². The van der Waals surface area contributed by atoms with Crippen LogP contribution in [0.2, 0.25) is 0 Å². The van der Waals surface area contributed by atoms with Gasteiger partial charge < -0.3 is 0 Å². The highest BCUT2D eigenvalue weighted by Crippen LogP contribution is 2.18. The molecule has 0 aromatic heterocycles. The molecule has 16 heavy (non-hydrogen) atoms. The third-order valence-electron chi connectivity index (χ3n) is 3.07. The summed E-state index contributed by atoms with van der Waals surface area (Å²) in [5.41, 5.74) is 5.59. The number of rotatable bonds is 5. The topological polar surface area (TPSA) is 3.24 Å². The van der Waals surface area contributed by atoms with Gasteiger partial charge in [0.25, 0.3) is 0 Å². The molecule has 1 aromatic rings. The Balaban J connectivity index is 2.87. The van der Waals surface area contributed by atoms with Crippen LogP contribution < -0.4 is 0 Å². The van der Waals surface area contributed by atoms with Crippen molar-refractivity contribution < 1.29 is 0 Å². The van der Waals surface area contributed by atoms with E-state index < -0.39 is 0 Å². The van der Waals surface area contributed by atoms with Gasteiger partial charge >= 0.3 is 0 Å². The molecule has 90 valence electrons. The highest BCUT2D eigenvalue weighted by molar-refractivity contribution is 6.18. The number of alkyl halides is 1. The quantitative estimate of drug-likeness (QED) is 0.709. The first-order chi connectivity index (χ1) is 7.58. The van der Waals surface area contributed by atoms with Gasteiger partial charge in [0.05, 0.1) is 0 Å². The summed E-state index contributed by atoms with van der Waals surface area (Å²) in [5.74, 6) is 0.706. The Kier molecular flexibility index (Phi) is 5.30. The van der Waals surface area contributed by atoms with E-state index in [2.05, 4.69) is 44.7 Å². The van der Waals surface area contributed by atoms with E-state index in [0.29, 0.717) is 5.88 Å². The summed E-state index contributed by atoms with van der Waals surface area (Å²) >= 11 is 5.80. The van der Waals surface area contributed by atoms with Gasteiger partial charge in [-0.25, -0.2) is 0 Å². The van der Waals surface area contributed by atoms with Crippen molar-refractivity contribution in [1.82, 2.24) is 4.90 Å². The Morgan fingerprint density at radius 3 is 2.12 bits per heavy atom. The van der Waals surface area contributed by atoms with Gasteiger partial charge in [0.15, 0.2) is 0 Å². The molecule has 1 aromatic carbocycles. The number of benzene rings is 1. The molecular weight excluding hydrogens is 218 g/mol. The van der Waals surface area contributed by atoms with E-state index >= 15 is 0 Å². The SMILES string of the molecule is CCN(CCCl)Cc1c(C)cc(C)cc1C. The van der Waals surface area contributed by atoms with Crippen LogP contribution >= 0.6 is 11.6 Å². The van der Waals surface area contributed by atoms with Crippen LogP contribution in [0.1, 0.15) is 29.2 Å². The Bertz CT molecular complexity index is 324. The van der Waals surface area contributed by atoms with Crippen LogP contribution in [-0.2, 0) is 6.54 Å². The van der Waals surface area contributed by atoms with E-state index in [-0.39, 0.29) is 0 Å². The molecule has 0 fully saturated rings. The summed E-state index contributed by atoms with van der Waals surface area (Å²) < 4.78 is 0. The summed E-state index contributed by atoms with van der Waals surface area (Å²) in [6, 6.07) is 4.52. The molecule has 0 unspecified atom stereocenters. The van der Waals surface area contributed by atoms with Gasteiger partial charge in [-0.3, -0.25) is 4.90 Å². The van der Waals surface area contributed by atoms with Gasteiger partial charge in [-0.15, -0.1) is 11.6 Å². The normalized spacial score (nSPS) is 11.1. The lowest BCUT2D eigenvalue weighted by Crippen LogP contribution is -2.25. The van der Waals surface area contributed by atoms with Crippen LogP contribution in [0.5, 0.6) is 0 Å². The van der Waals surface area contributed by atoms with Crippen molar-refractivity contribution in [2.24, 2.45) is 0 Å². The minimum Gasteiger partial charge on any atom is -0.298 e. The molecule has 0 amide bonds. The van der Waals surface area contributed by atoms with Crippen LogP contribution in [0.3, 0.4) is 0 Å². The lowest BCUT2D eigenvalue weighted by Gasteiger charge is -2.22. The Labute approximate surface area is 104 Å². The average molecular weight is 240 g/mol. The van der Waals surface area contributed by atoms with Crippen LogP contribution in [0.25, 0.3) is 0 Å². The number of aryl methyl sites for hydroxylation is 3.